The Morgan fingerprint density at radius 3 is 2.58 bits per heavy atom. The molecule has 176 valence electrons. The zero-order chi connectivity index (χ0) is 23.8. The monoisotopic (exact) mass is 517 g/mol. The number of alkyl carbamates (subject to hydrolysis) is 1. The molecular weight excluding hydrogens is 490 g/mol. The number of ether oxygens (including phenoxy) is 2. The van der Waals surface area contributed by atoms with Gasteiger partial charge in [-0.2, -0.15) is 4.98 Å². The molecule has 0 radical (unpaired) electrons. The summed E-state index contributed by atoms with van der Waals surface area (Å²) in [5, 5.41) is 2.02. The number of benzene rings is 1. The van der Waals surface area contributed by atoms with Crippen LogP contribution < -0.4 is 20.7 Å². The van der Waals surface area contributed by atoms with Gasteiger partial charge in [0.05, 0.1) is 6.20 Å². The van der Waals surface area contributed by atoms with E-state index in [9.17, 15) is 9.59 Å². The molecule has 1 aliphatic carbocycles. The molecule has 1 aromatic carbocycles. The Bertz CT molecular complexity index is 1060. The second-order valence-corrected chi connectivity index (χ2v) is 10.3. The van der Waals surface area contributed by atoms with Gasteiger partial charge in [0.2, 0.25) is 0 Å². The highest BCUT2D eigenvalue weighted by Gasteiger charge is 2.45. The van der Waals surface area contributed by atoms with Crippen molar-refractivity contribution in [3.63, 3.8) is 0 Å². The molecule has 1 aromatic heterocycles. The highest BCUT2D eigenvalue weighted by atomic mass is 79.9. The van der Waals surface area contributed by atoms with Crippen LogP contribution in [0.25, 0.3) is 0 Å². The topological polar surface area (TPSA) is 120 Å². The number of fused-ring (bicyclic) bond motifs is 1. The minimum atomic E-state index is -0.997. The van der Waals surface area contributed by atoms with Crippen LogP contribution in [-0.2, 0) is 11.2 Å². The Hall–Kier alpha value is -2.72. The number of halogens is 1. The number of nitrogens with two attached hydrogens (primary N) is 1. The van der Waals surface area contributed by atoms with Crippen molar-refractivity contribution < 1.29 is 19.1 Å². The Morgan fingerprint density at radius 1 is 1.21 bits per heavy atom. The van der Waals surface area contributed by atoms with Crippen molar-refractivity contribution in [2.24, 2.45) is 11.1 Å². The van der Waals surface area contributed by atoms with Crippen molar-refractivity contribution in [1.29, 1.82) is 0 Å². The maximum Gasteiger partial charge on any atom is 0.423 e. The fraction of sp³-hybridized carbons (Fsp3) is 0.478. The van der Waals surface area contributed by atoms with Gasteiger partial charge in [-0.1, -0.05) is 24.3 Å². The van der Waals surface area contributed by atoms with Gasteiger partial charge in [0.1, 0.15) is 5.60 Å². The van der Waals surface area contributed by atoms with E-state index in [0.29, 0.717) is 5.82 Å². The van der Waals surface area contributed by atoms with E-state index in [1.54, 1.807) is 27.0 Å². The predicted molar refractivity (Wildman–Crippen MR) is 126 cm³/mol. The van der Waals surface area contributed by atoms with Crippen LogP contribution >= 0.6 is 15.9 Å². The lowest BCUT2D eigenvalue weighted by atomic mass is 9.73. The molecule has 33 heavy (non-hydrogen) atoms. The summed E-state index contributed by atoms with van der Waals surface area (Å²) < 4.78 is 10.5. The number of hydrogen-bond donors (Lipinski definition) is 2. The van der Waals surface area contributed by atoms with E-state index in [1.807, 2.05) is 11.4 Å². The number of aromatic nitrogens is 2. The maximum absolute atomic E-state index is 12.1. The Labute approximate surface area is 201 Å². The van der Waals surface area contributed by atoms with Crippen molar-refractivity contribution in [3.8, 4) is 5.88 Å². The van der Waals surface area contributed by atoms with Gasteiger partial charge in [-0.05, 0) is 72.5 Å². The van der Waals surface area contributed by atoms with E-state index in [-0.39, 0.29) is 21.9 Å². The minimum absolute atomic E-state index is 0.0289. The first-order valence-electron chi connectivity index (χ1n) is 10.9. The highest BCUT2D eigenvalue weighted by Crippen LogP contribution is 2.50. The molecule has 2 aromatic rings. The number of imide groups is 1. The molecule has 1 aliphatic heterocycles. The summed E-state index contributed by atoms with van der Waals surface area (Å²) in [7, 11) is 0. The van der Waals surface area contributed by atoms with Crippen LogP contribution in [0.1, 0.15) is 50.8 Å². The van der Waals surface area contributed by atoms with E-state index in [0.717, 1.165) is 32.4 Å². The molecule has 1 atom stereocenters. The number of amides is 2. The average molecular weight is 518 g/mol. The summed E-state index contributed by atoms with van der Waals surface area (Å²) in [4.78, 5) is 34.7. The third-order valence-corrected chi connectivity index (χ3v) is 6.70. The number of carbonyl (C=O) groups is 2. The van der Waals surface area contributed by atoms with Crippen LogP contribution in [0.15, 0.2) is 35.1 Å². The van der Waals surface area contributed by atoms with Gasteiger partial charge in [-0.3, -0.25) is 0 Å². The van der Waals surface area contributed by atoms with Crippen LogP contribution in [0.2, 0.25) is 0 Å². The number of piperidine rings is 1. The standard InChI is InChI=1S/C23H28BrN5O4/c1-22(2,3)33-21(31)28-20(30)32-19-18(24)26-13-16(27-19)29-10-8-23(9-11-29)12-14-6-4-5-7-15(14)17(23)25/h4-7,13,17H,8-12,25H2,1-3H3,(H,28,30,31)/t17-/m1/s1. The first kappa shape index (κ1) is 23.4. The van der Waals surface area contributed by atoms with Crippen molar-refractivity contribution in [2.45, 2.75) is 51.7 Å². The van der Waals surface area contributed by atoms with Crippen molar-refractivity contribution in [2.75, 3.05) is 18.0 Å². The molecule has 2 amide bonds. The van der Waals surface area contributed by atoms with Gasteiger partial charge in [0.15, 0.2) is 10.4 Å². The van der Waals surface area contributed by atoms with E-state index >= 15 is 0 Å². The quantitative estimate of drug-likeness (QED) is 0.610. The largest absolute Gasteiger partial charge is 0.443 e. The summed E-state index contributed by atoms with van der Waals surface area (Å²) in [6.45, 7) is 6.62. The van der Waals surface area contributed by atoms with Crippen molar-refractivity contribution in [1.82, 2.24) is 15.3 Å². The van der Waals surface area contributed by atoms with Crippen LogP contribution in [0.5, 0.6) is 5.88 Å². The number of carbonyl (C=O) groups excluding carboxylic acids is 2. The Morgan fingerprint density at radius 2 is 1.91 bits per heavy atom. The van der Waals surface area contributed by atoms with Gasteiger partial charge in [-0.15, -0.1) is 0 Å². The number of anilines is 1. The summed E-state index contributed by atoms with van der Waals surface area (Å²) >= 11 is 3.24. The predicted octanol–water partition coefficient (Wildman–Crippen LogP) is 4.11. The van der Waals surface area contributed by atoms with Gasteiger partial charge in [0.25, 0.3) is 5.88 Å². The van der Waals surface area contributed by atoms with Crippen LogP contribution in [0.4, 0.5) is 15.4 Å². The van der Waals surface area contributed by atoms with Gasteiger partial charge >= 0.3 is 12.2 Å². The van der Waals surface area contributed by atoms with Crippen LogP contribution in [0, 0.1) is 5.41 Å². The molecular formula is C23H28BrN5O4. The second-order valence-electron chi connectivity index (χ2n) is 9.54. The highest BCUT2D eigenvalue weighted by molar-refractivity contribution is 9.10. The van der Waals surface area contributed by atoms with E-state index < -0.39 is 17.8 Å². The maximum atomic E-state index is 12.1. The molecule has 1 saturated heterocycles. The molecule has 4 rings (SSSR count). The zero-order valence-corrected chi connectivity index (χ0v) is 20.5. The summed E-state index contributed by atoms with van der Waals surface area (Å²) in [5.41, 5.74) is 8.57. The van der Waals surface area contributed by atoms with Crippen LogP contribution in [-0.4, -0.2) is 40.8 Å². The summed E-state index contributed by atoms with van der Waals surface area (Å²) in [5.74, 6) is 0.566. The average Bonchev–Trinajstić information content (AvgIpc) is 3.00. The zero-order valence-electron chi connectivity index (χ0n) is 18.9. The number of nitrogens with zero attached hydrogens (tertiary/aromatic N) is 3. The first-order valence-corrected chi connectivity index (χ1v) is 11.7. The molecule has 1 spiro atoms. The molecule has 3 N–H and O–H groups in total. The lowest BCUT2D eigenvalue weighted by Gasteiger charge is -2.42. The molecule has 2 aliphatic rings. The van der Waals surface area contributed by atoms with Gasteiger partial charge in [0, 0.05) is 19.1 Å². The van der Waals surface area contributed by atoms with Crippen molar-refractivity contribution in [3.05, 3.63) is 46.2 Å². The van der Waals surface area contributed by atoms with Crippen molar-refractivity contribution >= 4 is 33.9 Å². The third-order valence-electron chi connectivity index (χ3n) is 6.15. The number of hydrogen-bond acceptors (Lipinski definition) is 8. The molecule has 0 saturated carbocycles. The molecule has 0 bridgehead atoms. The molecule has 1 fully saturated rings. The SMILES string of the molecule is CC(C)(C)OC(=O)NC(=O)Oc1nc(N2CCC3(CC2)Cc2ccccc2[C@H]3N)cnc1Br. The van der Waals surface area contributed by atoms with E-state index in [4.69, 9.17) is 15.2 Å². The fourth-order valence-electron chi connectivity index (χ4n) is 4.55. The van der Waals surface area contributed by atoms with Gasteiger partial charge < -0.3 is 20.1 Å². The number of rotatable bonds is 2. The summed E-state index contributed by atoms with van der Waals surface area (Å²) in [6.07, 6.45) is 2.57. The Balaban J connectivity index is 1.40. The third kappa shape index (κ3) is 5.11. The van der Waals surface area contributed by atoms with E-state index in [1.165, 1.54) is 11.1 Å². The molecule has 0 unspecified atom stereocenters. The normalized spacial score (nSPS) is 19.2. The first-order chi connectivity index (χ1) is 15.6. The minimum Gasteiger partial charge on any atom is -0.443 e. The molecule has 9 nitrogen and oxygen atoms in total. The molecule has 10 heteroatoms. The van der Waals surface area contributed by atoms with Crippen LogP contribution in [0.3, 0.4) is 0 Å². The second kappa shape index (κ2) is 8.90. The lowest BCUT2D eigenvalue weighted by Crippen LogP contribution is -2.44. The smallest absolute Gasteiger partial charge is 0.423 e. The lowest BCUT2D eigenvalue weighted by molar-refractivity contribution is 0.0533. The fourth-order valence-corrected chi connectivity index (χ4v) is 4.82. The van der Waals surface area contributed by atoms with E-state index in [2.05, 4.69) is 49.0 Å². The summed E-state index contributed by atoms with van der Waals surface area (Å²) in [6, 6.07) is 8.44. The number of nitrogens with one attached hydrogen (secondary N) is 1. The molecule has 2 heterocycles. The Kier molecular flexibility index (Phi) is 6.32. The van der Waals surface area contributed by atoms with Gasteiger partial charge in [-0.25, -0.2) is 19.9 Å².